The van der Waals surface area contributed by atoms with E-state index in [-0.39, 0.29) is 0 Å². The third-order valence-corrected chi connectivity index (χ3v) is 6.05. The van der Waals surface area contributed by atoms with Crippen LogP contribution in [-0.4, -0.2) is 28.0 Å². The van der Waals surface area contributed by atoms with E-state index < -0.39 is 0 Å². The highest BCUT2D eigenvalue weighted by Crippen LogP contribution is 2.34. The Balaban J connectivity index is 1.50. The molecule has 2 heterocycles. The van der Waals surface area contributed by atoms with Crippen LogP contribution in [0.3, 0.4) is 0 Å². The van der Waals surface area contributed by atoms with Gasteiger partial charge < -0.3 is 9.46 Å². The molecule has 5 nitrogen and oxygen atoms in total. The van der Waals surface area contributed by atoms with E-state index in [9.17, 15) is 0 Å². The van der Waals surface area contributed by atoms with Gasteiger partial charge in [-0.1, -0.05) is 13.0 Å². The van der Waals surface area contributed by atoms with Crippen LogP contribution in [0.5, 0.6) is 5.75 Å². The molecule has 1 aliphatic heterocycles. The maximum absolute atomic E-state index is 5.68. The number of nitrogens with one attached hydrogen (secondary N) is 1. The minimum Gasteiger partial charge on any atom is -0.496 e. The monoisotopic (exact) mass is 356 g/mol. The van der Waals surface area contributed by atoms with Crippen LogP contribution in [0.2, 0.25) is 0 Å². The lowest BCUT2D eigenvalue weighted by Crippen LogP contribution is -2.20. The van der Waals surface area contributed by atoms with E-state index in [0.29, 0.717) is 11.8 Å². The number of rotatable bonds is 5. The molecule has 1 fully saturated rings. The number of aromatic nitrogens is 2. The van der Waals surface area contributed by atoms with Crippen molar-refractivity contribution in [2.45, 2.75) is 44.5 Å². The van der Waals surface area contributed by atoms with Crippen LogP contribution in [0.1, 0.15) is 42.9 Å². The van der Waals surface area contributed by atoms with Gasteiger partial charge in [0.2, 0.25) is 0 Å². The number of fused-ring (bicyclic) bond motifs is 1. The van der Waals surface area contributed by atoms with E-state index >= 15 is 0 Å². The van der Waals surface area contributed by atoms with E-state index in [1.165, 1.54) is 30.4 Å². The van der Waals surface area contributed by atoms with Crippen LogP contribution in [0.15, 0.2) is 35.6 Å². The van der Waals surface area contributed by atoms with Crippen molar-refractivity contribution >= 4 is 17.8 Å². The Hall–Kier alpha value is -1.95. The van der Waals surface area contributed by atoms with Gasteiger partial charge in [-0.25, -0.2) is 0 Å². The number of aliphatic imine (C=N–C) groups is 1. The molecule has 2 aromatic rings. The summed E-state index contributed by atoms with van der Waals surface area (Å²) in [6, 6.07) is 6.27. The van der Waals surface area contributed by atoms with Crippen molar-refractivity contribution in [2.24, 2.45) is 10.9 Å². The average molecular weight is 356 g/mol. The topological polar surface area (TPSA) is 51.4 Å². The molecule has 1 aromatic carbocycles. The van der Waals surface area contributed by atoms with Gasteiger partial charge in [0.15, 0.2) is 0 Å². The molecule has 0 radical (unpaired) electrons. The zero-order valence-electron chi connectivity index (χ0n) is 14.7. The molecule has 25 heavy (non-hydrogen) atoms. The molecular formula is C19H24N4OS. The van der Waals surface area contributed by atoms with Gasteiger partial charge in [0.05, 0.1) is 25.8 Å². The second kappa shape index (κ2) is 7.12. The number of ether oxygens (including phenoxy) is 1. The third-order valence-electron chi connectivity index (χ3n) is 4.98. The lowest BCUT2D eigenvalue weighted by Gasteiger charge is -2.15. The second-order valence-electron chi connectivity index (χ2n) is 6.96. The normalized spacial score (nSPS) is 21.9. The van der Waals surface area contributed by atoms with Crippen molar-refractivity contribution in [3.63, 3.8) is 0 Å². The van der Waals surface area contributed by atoms with E-state index in [2.05, 4.69) is 28.9 Å². The van der Waals surface area contributed by atoms with Crippen LogP contribution < -0.4 is 9.46 Å². The van der Waals surface area contributed by atoms with Crippen LogP contribution >= 0.6 is 11.9 Å². The predicted octanol–water partition coefficient (Wildman–Crippen LogP) is 3.63. The highest BCUT2D eigenvalue weighted by molar-refractivity contribution is 7.98. The van der Waals surface area contributed by atoms with E-state index in [0.717, 1.165) is 29.6 Å². The third kappa shape index (κ3) is 3.54. The van der Waals surface area contributed by atoms with Crippen LogP contribution in [0.25, 0.3) is 0 Å². The maximum Gasteiger partial charge on any atom is 0.142 e. The lowest BCUT2D eigenvalue weighted by atomic mass is 10.0. The minimum absolute atomic E-state index is 0.687. The number of hydrogen-bond donors (Lipinski definition) is 1. The van der Waals surface area contributed by atoms with Crippen LogP contribution in [0.4, 0.5) is 0 Å². The molecule has 0 bridgehead atoms. The maximum atomic E-state index is 5.68. The smallest absolute Gasteiger partial charge is 0.142 e. The van der Waals surface area contributed by atoms with Gasteiger partial charge in [0.25, 0.3) is 0 Å². The second-order valence-corrected chi connectivity index (χ2v) is 8.07. The molecule has 1 saturated carbocycles. The molecule has 0 spiro atoms. The molecule has 0 saturated heterocycles. The molecule has 0 amide bonds. The van der Waals surface area contributed by atoms with E-state index in [1.807, 2.05) is 28.9 Å². The van der Waals surface area contributed by atoms with E-state index in [1.54, 1.807) is 13.3 Å². The zero-order chi connectivity index (χ0) is 17.2. The van der Waals surface area contributed by atoms with Gasteiger partial charge in [-0.05, 0) is 60.4 Å². The van der Waals surface area contributed by atoms with Crippen molar-refractivity contribution in [1.29, 1.82) is 0 Å². The first kappa shape index (κ1) is 16.5. The van der Waals surface area contributed by atoms with Crippen molar-refractivity contribution in [1.82, 2.24) is 14.5 Å². The van der Waals surface area contributed by atoms with Gasteiger partial charge in [-0.15, -0.1) is 0 Å². The molecule has 1 aliphatic carbocycles. The summed E-state index contributed by atoms with van der Waals surface area (Å²) in [7, 11) is 1.73. The van der Waals surface area contributed by atoms with Gasteiger partial charge in [0, 0.05) is 17.6 Å². The van der Waals surface area contributed by atoms with Crippen molar-refractivity contribution in [2.75, 3.05) is 7.11 Å². The average Bonchev–Trinajstić information content (AvgIpc) is 3.34. The molecule has 2 atom stereocenters. The molecule has 1 N–H and O–H groups in total. The molecule has 132 valence electrons. The molecule has 6 heteroatoms. The first-order valence-corrected chi connectivity index (χ1v) is 9.74. The van der Waals surface area contributed by atoms with Crippen molar-refractivity contribution in [3.05, 3.63) is 47.3 Å². The van der Waals surface area contributed by atoms with Gasteiger partial charge in [-0.2, -0.15) is 5.10 Å². The zero-order valence-corrected chi connectivity index (χ0v) is 15.6. The molecule has 1 aromatic heterocycles. The molecule has 4 rings (SSSR count). The molecule has 2 unspecified atom stereocenters. The highest BCUT2D eigenvalue weighted by atomic mass is 32.2. The van der Waals surface area contributed by atoms with E-state index in [4.69, 9.17) is 9.73 Å². The fourth-order valence-corrected chi connectivity index (χ4v) is 4.81. The van der Waals surface area contributed by atoms with Crippen LogP contribution in [-0.2, 0) is 13.1 Å². The Morgan fingerprint density at radius 2 is 2.28 bits per heavy atom. The molecular weight excluding hydrogens is 332 g/mol. The van der Waals surface area contributed by atoms with Gasteiger partial charge in [-0.3, -0.25) is 9.67 Å². The summed E-state index contributed by atoms with van der Waals surface area (Å²) in [5.41, 5.74) is 3.53. The Morgan fingerprint density at radius 3 is 3.00 bits per heavy atom. The summed E-state index contributed by atoms with van der Waals surface area (Å²) in [4.78, 5) is 4.71. The van der Waals surface area contributed by atoms with Crippen molar-refractivity contribution in [3.8, 4) is 5.75 Å². The van der Waals surface area contributed by atoms with Gasteiger partial charge >= 0.3 is 0 Å². The quantitative estimate of drug-likeness (QED) is 0.831. The predicted molar refractivity (Wildman–Crippen MR) is 102 cm³/mol. The first-order valence-electron chi connectivity index (χ1n) is 8.86. The number of nitrogens with zero attached hydrogens (tertiary/aromatic N) is 3. The number of benzene rings is 1. The Labute approximate surface area is 153 Å². The fraction of sp³-hybridized carbons (Fsp3) is 0.474. The first-order chi connectivity index (χ1) is 12.2. The Kier molecular flexibility index (Phi) is 4.70. The van der Waals surface area contributed by atoms with Crippen LogP contribution in [0, 0.1) is 5.92 Å². The minimum atomic E-state index is 0.687. The standard InChI is InChI=1S/C19H24N4OS/c1-13-4-5-16(8-13)25-22-19-18-15(11-20-19)9-14(10-17(18)24-2)12-23-7-3-6-21-23/h3,6-7,9-10,13,16H,4-5,8,11-12H2,1-2H3,(H,20,22). The Morgan fingerprint density at radius 1 is 1.36 bits per heavy atom. The number of methoxy groups -OCH3 is 1. The fourth-order valence-electron chi connectivity index (χ4n) is 3.69. The van der Waals surface area contributed by atoms with Crippen molar-refractivity contribution < 1.29 is 4.74 Å². The Bertz CT molecular complexity index is 772. The summed E-state index contributed by atoms with van der Waals surface area (Å²) < 4.78 is 11.1. The largest absolute Gasteiger partial charge is 0.496 e. The number of amidine groups is 1. The molecule has 2 aliphatic rings. The number of hydrogen-bond acceptors (Lipinski definition) is 5. The summed E-state index contributed by atoms with van der Waals surface area (Å²) in [6.07, 6.45) is 7.69. The highest BCUT2D eigenvalue weighted by Gasteiger charge is 2.26. The summed E-state index contributed by atoms with van der Waals surface area (Å²) in [5, 5.41) is 4.97. The lowest BCUT2D eigenvalue weighted by molar-refractivity contribution is 0.413. The summed E-state index contributed by atoms with van der Waals surface area (Å²) in [6.45, 7) is 3.80. The SMILES string of the molecule is COc1cc(Cn2cccn2)cc2c1C(NSC1CCC(C)C1)=NC2. The summed E-state index contributed by atoms with van der Waals surface area (Å²) in [5.74, 6) is 2.70. The van der Waals surface area contributed by atoms with Gasteiger partial charge in [0.1, 0.15) is 11.6 Å². The summed E-state index contributed by atoms with van der Waals surface area (Å²) >= 11 is 1.83.